The van der Waals surface area contributed by atoms with Crippen LogP contribution >= 0.6 is 0 Å². The number of carbonyl (C=O) groups is 2. The number of nitrogens with zero attached hydrogens (tertiary/aromatic N) is 3. The number of benzene rings is 1. The van der Waals surface area contributed by atoms with E-state index in [0.717, 1.165) is 5.56 Å². The molecule has 2 rings (SSSR count). The number of aromatic nitrogens is 2. The zero-order chi connectivity index (χ0) is 20.9. The lowest BCUT2D eigenvalue weighted by molar-refractivity contribution is 0.0586. The highest BCUT2D eigenvalue weighted by atomic mass is 16.6. The highest BCUT2D eigenvalue weighted by molar-refractivity contribution is 5.90. The summed E-state index contributed by atoms with van der Waals surface area (Å²) in [6.45, 7) is 8.08. The summed E-state index contributed by atoms with van der Waals surface area (Å²) in [6, 6.07) is 5.21. The molecular weight excluding hydrogens is 362 g/mol. The van der Waals surface area contributed by atoms with Crippen molar-refractivity contribution < 1.29 is 23.8 Å². The Hall–Kier alpha value is -3.03. The van der Waals surface area contributed by atoms with Gasteiger partial charge in [0.25, 0.3) is 0 Å². The second kappa shape index (κ2) is 8.77. The van der Waals surface area contributed by atoms with E-state index in [1.165, 1.54) is 7.11 Å². The lowest BCUT2D eigenvalue weighted by atomic mass is 10.1. The van der Waals surface area contributed by atoms with Crippen molar-refractivity contribution in [2.45, 2.75) is 39.8 Å². The fourth-order valence-corrected chi connectivity index (χ4v) is 2.58. The van der Waals surface area contributed by atoms with E-state index in [2.05, 4.69) is 4.99 Å². The third-order valence-corrected chi connectivity index (χ3v) is 3.68. The summed E-state index contributed by atoms with van der Waals surface area (Å²) in [7, 11) is 3.12. The van der Waals surface area contributed by atoms with Crippen molar-refractivity contribution in [3.63, 3.8) is 0 Å². The molecule has 0 bridgehead atoms. The van der Waals surface area contributed by atoms with Gasteiger partial charge >= 0.3 is 12.1 Å². The molecule has 0 atom stereocenters. The Balaban J connectivity index is 2.40. The molecule has 0 saturated heterocycles. The minimum Gasteiger partial charge on any atom is -0.494 e. The van der Waals surface area contributed by atoms with E-state index in [1.54, 1.807) is 61.5 Å². The monoisotopic (exact) mass is 389 g/mol. The van der Waals surface area contributed by atoms with E-state index in [0.29, 0.717) is 30.1 Å². The van der Waals surface area contributed by atoms with Crippen LogP contribution in [0.1, 0.15) is 43.6 Å². The molecule has 0 N–H and O–H groups in total. The second-order valence-electron chi connectivity index (χ2n) is 7.22. The van der Waals surface area contributed by atoms with Gasteiger partial charge in [-0.1, -0.05) is 0 Å². The molecule has 1 aromatic carbocycles. The van der Waals surface area contributed by atoms with Crippen LogP contribution in [0, 0.1) is 0 Å². The van der Waals surface area contributed by atoms with Gasteiger partial charge in [-0.25, -0.2) is 9.59 Å². The van der Waals surface area contributed by atoms with E-state index in [1.807, 2.05) is 13.0 Å². The highest BCUT2D eigenvalue weighted by Crippen LogP contribution is 2.19. The molecule has 28 heavy (non-hydrogen) atoms. The Morgan fingerprint density at radius 2 is 1.86 bits per heavy atom. The van der Waals surface area contributed by atoms with Gasteiger partial charge in [0.2, 0.25) is 5.62 Å². The highest BCUT2D eigenvalue weighted by Gasteiger charge is 2.16. The fourth-order valence-electron chi connectivity index (χ4n) is 2.58. The number of ether oxygens (including phenoxy) is 3. The molecule has 0 aliphatic carbocycles. The third kappa shape index (κ3) is 5.73. The number of amides is 1. The first kappa shape index (κ1) is 21.3. The molecular formula is C20H27N3O5. The lowest BCUT2D eigenvalue weighted by Gasteiger charge is -2.17. The third-order valence-electron chi connectivity index (χ3n) is 3.68. The number of hydrogen-bond donors (Lipinski definition) is 0. The van der Waals surface area contributed by atoms with Crippen molar-refractivity contribution in [2.75, 3.05) is 13.7 Å². The Morgan fingerprint density at radius 3 is 2.46 bits per heavy atom. The summed E-state index contributed by atoms with van der Waals surface area (Å²) in [4.78, 5) is 28.1. The van der Waals surface area contributed by atoms with Gasteiger partial charge in [0.05, 0.1) is 25.8 Å². The Bertz CT molecular complexity index is 919. The number of hydrogen-bond acceptors (Lipinski definition) is 5. The number of carbonyl (C=O) groups excluding carboxylic acids is 2. The van der Waals surface area contributed by atoms with Crippen LogP contribution < -0.4 is 10.4 Å². The van der Waals surface area contributed by atoms with Crippen molar-refractivity contribution in [1.82, 2.24) is 9.13 Å². The van der Waals surface area contributed by atoms with Crippen molar-refractivity contribution in [2.24, 2.45) is 12.0 Å². The first-order chi connectivity index (χ1) is 13.1. The average molecular weight is 389 g/mol. The van der Waals surface area contributed by atoms with Crippen LogP contribution in [0.15, 0.2) is 35.6 Å². The summed E-state index contributed by atoms with van der Waals surface area (Å²) < 4.78 is 19.2. The van der Waals surface area contributed by atoms with Crippen molar-refractivity contribution in [3.05, 3.63) is 47.3 Å². The normalized spacial score (nSPS) is 12.0. The predicted molar refractivity (Wildman–Crippen MR) is 103 cm³/mol. The van der Waals surface area contributed by atoms with E-state index in [-0.39, 0.29) is 0 Å². The number of esters is 1. The molecule has 0 radical (unpaired) electrons. The summed E-state index contributed by atoms with van der Waals surface area (Å²) in [5.74, 6) is 0.127. The topological polar surface area (TPSA) is 84.0 Å². The fraction of sp³-hybridized carbons (Fsp3) is 0.450. The standard InChI is InChI=1S/C20H27N3O5/c1-7-27-16-11-14(10-15(12-16)17(24)26-6)13-23-9-8-22(5)18(23)21-19(25)28-20(2,3)4/h8-12H,7,13H2,1-6H3/b21-18+. The molecule has 0 spiro atoms. The van der Waals surface area contributed by atoms with Gasteiger partial charge in [0.15, 0.2) is 0 Å². The van der Waals surface area contributed by atoms with Crippen LogP contribution in [0.5, 0.6) is 5.75 Å². The minimum absolute atomic E-state index is 0.382. The SMILES string of the molecule is CCOc1cc(Cn2ccn(C)/c2=N\C(=O)OC(C)(C)C)cc(C(=O)OC)c1. The van der Waals surface area contributed by atoms with Crippen LogP contribution in [-0.2, 0) is 23.1 Å². The molecule has 8 nitrogen and oxygen atoms in total. The van der Waals surface area contributed by atoms with Crippen LogP contribution in [0.3, 0.4) is 0 Å². The quantitative estimate of drug-likeness (QED) is 0.734. The smallest absolute Gasteiger partial charge is 0.437 e. The van der Waals surface area contributed by atoms with Gasteiger partial charge < -0.3 is 23.3 Å². The summed E-state index contributed by atoms with van der Waals surface area (Å²) >= 11 is 0. The first-order valence-corrected chi connectivity index (χ1v) is 8.97. The Kier molecular flexibility index (Phi) is 6.66. The molecule has 0 aliphatic heterocycles. The van der Waals surface area contributed by atoms with Crippen LogP contribution in [0.4, 0.5) is 4.79 Å². The van der Waals surface area contributed by atoms with Crippen LogP contribution in [0.25, 0.3) is 0 Å². The molecule has 152 valence electrons. The summed E-state index contributed by atoms with van der Waals surface area (Å²) in [6.07, 6.45) is 2.92. The number of imidazole rings is 1. The zero-order valence-electron chi connectivity index (χ0n) is 17.2. The van der Waals surface area contributed by atoms with E-state index >= 15 is 0 Å². The van der Waals surface area contributed by atoms with Gasteiger partial charge in [-0.3, -0.25) is 0 Å². The number of methoxy groups -OCH3 is 1. The van der Waals surface area contributed by atoms with Crippen molar-refractivity contribution in [1.29, 1.82) is 0 Å². The molecule has 2 aromatic rings. The number of rotatable bonds is 5. The Morgan fingerprint density at radius 1 is 1.14 bits per heavy atom. The molecule has 1 amide bonds. The van der Waals surface area contributed by atoms with Gasteiger partial charge in [-0.15, -0.1) is 4.99 Å². The first-order valence-electron chi connectivity index (χ1n) is 8.97. The molecule has 0 fully saturated rings. The van der Waals surface area contributed by atoms with Gasteiger partial charge in [0, 0.05) is 19.4 Å². The molecule has 8 heteroatoms. The molecule has 1 aromatic heterocycles. The molecule has 0 aliphatic rings. The largest absolute Gasteiger partial charge is 0.494 e. The zero-order valence-corrected chi connectivity index (χ0v) is 17.2. The van der Waals surface area contributed by atoms with E-state index < -0.39 is 17.7 Å². The maximum Gasteiger partial charge on any atom is 0.437 e. The molecule has 0 saturated carbocycles. The minimum atomic E-state index is -0.665. The Labute approximate surface area is 164 Å². The van der Waals surface area contributed by atoms with Crippen molar-refractivity contribution in [3.8, 4) is 5.75 Å². The molecule has 1 heterocycles. The van der Waals surface area contributed by atoms with Crippen LogP contribution in [0.2, 0.25) is 0 Å². The summed E-state index contributed by atoms with van der Waals surface area (Å²) in [5, 5.41) is 0. The van der Waals surface area contributed by atoms with Crippen molar-refractivity contribution >= 4 is 12.1 Å². The second-order valence-corrected chi connectivity index (χ2v) is 7.22. The van der Waals surface area contributed by atoms with E-state index in [4.69, 9.17) is 14.2 Å². The lowest BCUT2D eigenvalue weighted by Crippen LogP contribution is -2.29. The predicted octanol–water partition coefficient (Wildman–Crippen LogP) is 2.90. The van der Waals surface area contributed by atoms with Crippen LogP contribution in [-0.4, -0.2) is 40.5 Å². The number of aryl methyl sites for hydroxylation is 1. The average Bonchev–Trinajstić information content (AvgIpc) is 2.92. The molecule has 0 unspecified atom stereocenters. The van der Waals surface area contributed by atoms with Gasteiger partial charge in [0.1, 0.15) is 11.4 Å². The maximum atomic E-state index is 12.1. The maximum absolute atomic E-state index is 12.1. The summed E-state index contributed by atoms with van der Waals surface area (Å²) in [5.41, 5.74) is 1.00. The van der Waals surface area contributed by atoms with Gasteiger partial charge in [-0.05, 0) is 51.5 Å². The van der Waals surface area contributed by atoms with E-state index in [9.17, 15) is 9.59 Å². The van der Waals surface area contributed by atoms with Gasteiger partial charge in [-0.2, -0.15) is 0 Å².